The Kier molecular flexibility index (Phi) is 5.34. The molecule has 1 unspecified atom stereocenters. The van der Waals surface area contributed by atoms with E-state index in [1.54, 1.807) is 24.2 Å². The molecule has 0 spiro atoms. The molecule has 9 nitrogen and oxygen atoms in total. The Bertz CT molecular complexity index is 734. The predicted molar refractivity (Wildman–Crippen MR) is 85.5 cm³/mol. The first-order valence-electron chi connectivity index (χ1n) is 8.00. The van der Waals surface area contributed by atoms with Gasteiger partial charge in [0.2, 0.25) is 11.7 Å². The summed E-state index contributed by atoms with van der Waals surface area (Å²) >= 11 is 0. The summed E-state index contributed by atoms with van der Waals surface area (Å²) in [6, 6.07) is 1.50. The Morgan fingerprint density at radius 1 is 1.40 bits per heavy atom. The van der Waals surface area contributed by atoms with E-state index in [1.165, 1.54) is 12.3 Å². The highest BCUT2D eigenvalue weighted by atomic mass is 16.5. The molecule has 1 atom stereocenters. The minimum absolute atomic E-state index is 0.0209. The van der Waals surface area contributed by atoms with Crippen LogP contribution in [0.3, 0.4) is 0 Å². The molecule has 132 valence electrons. The summed E-state index contributed by atoms with van der Waals surface area (Å²) in [5.74, 6) is -0.137. The van der Waals surface area contributed by atoms with Crippen LogP contribution in [0.15, 0.2) is 29.2 Å². The Labute approximate surface area is 144 Å². The first kappa shape index (κ1) is 17.0. The van der Waals surface area contributed by atoms with Gasteiger partial charge >= 0.3 is 0 Å². The van der Waals surface area contributed by atoms with Crippen LogP contribution < -0.4 is 5.32 Å². The maximum absolute atomic E-state index is 11.8. The van der Waals surface area contributed by atoms with Crippen molar-refractivity contribution in [3.63, 3.8) is 0 Å². The van der Waals surface area contributed by atoms with Gasteiger partial charge in [0, 0.05) is 38.7 Å². The van der Waals surface area contributed by atoms with Gasteiger partial charge in [-0.25, -0.2) is 0 Å². The topological polar surface area (TPSA) is 110 Å². The zero-order valence-electron chi connectivity index (χ0n) is 13.8. The Morgan fingerprint density at radius 3 is 3.04 bits per heavy atom. The molecular formula is C16H19N5O4. The zero-order chi connectivity index (χ0) is 17.6. The highest BCUT2D eigenvalue weighted by molar-refractivity contribution is 5.91. The quantitative estimate of drug-likeness (QED) is 0.833. The van der Waals surface area contributed by atoms with E-state index in [0.29, 0.717) is 38.4 Å². The van der Waals surface area contributed by atoms with Gasteiger partial charge in [-0.2, -0.15) is 0 Å². The Hall–Kier alpha value is -2.81. The van der Waals surface area contributed by atoms with Crippen molar-refractivity contribution in [3.05, 3.63) is 41.8 Å². The number of hydrogen-bond acceptors (Lipinski definition) is 7. The second-order valence-electron chi connectivity index (χ2n) is 5.64. The standard InChI is InChI=1S/C16H19N5O4/c1-11(22)21-6-7-24-15(10-21)13-9-17-8-12(20-13)2-4-18-16(23)14-3-5-19-25-14/h3,5,8-9,15H,2,4,6-7,10H2,1H3,(H,18,23). The van der Waals surface area contributed by atoms with Crippen LogP contribution in [-0.2, 0) is 16.0 Å². The van der Waals surface area contributed by atoms with Crippen LogP contribution in [0, 0.1) is 0 Å². The summed E-state index contributed by atoms with van der Waals surface area (Å²) in [5.41, 5.74) is 1.42. The van der Waals surface area contributed by atoms with Gasteiger partial charge in [0.25, 0.3) is 5.91 Å². The lowest BCUT2D eigenvalue weighted by Crippen LogP contribution is -2.41. The van der Waals surface area contributed by atoms with Gasteiger partial charge in [0.1, 0.15) is 6.10 Å². The number of amides is 2. The molecule has 1 saturated heterocycles. The molecule has 2 aromatic rings. The molecule has 3 heterocycles. The molecule has 0 aliphatic carbocycles. The van der Waals surface area contributed by atoms with Crippen LogP contribution in [0.5, 0.6) is 0 Å². The number of morpholine rings is 1. The van der Waals surface area contributed by atoms with Gasteiger partial charge in [-0.1, -0.05) is 5.16 Å². The molecule has 0 radical (unpaired) electrons. The van der Waals surface area contributed by atoms with E-state index in [4.69, 9.17) is 9.26 Å². The van der Waals surface area contributed by atoms with Crippen LogP contribution in [0.4, 0.5) is 0 Å². The van der Waals surface area contributed by atoms with Crippen LogP contribution in [-0.4, -0.2) is 58.1 Å². The van der Waals surface area contributed by atoms with Gasteiger partial charge in [0.05, 0.1) is 36.9 Å². The molecule has 1 fully saturated rings. The molecule has 0 saturated carbocycles. The fourth-order valence-electron chi connectivity index (χ4n) is 2.54. The van der Waals surface area contributed by atoms with Crippen molar-refractivity contribution in [2.45, 2.75) is 19.4 Å². The molecule has 3 rings (SSSR count). The largest absolute Gasteiger partial charge is 0.368 e. The lowest BCUT2D eigenvalue weighted by molar-refractivity contribution is -0.136. The van der Waals surface area contributed by atoms with Gasteiger partial charge in [-0.15, -0.1) is 0 Å². The second kappa shape index (κ2) is 7.84. The van der Waals surface area contributed by atoms with Gasteiger partial charge in [-0.3, -0.25) is 19.6 Å². The van der Waals surface area contributed by atoms with E-state index in [2.05, 4.69) is 20.4 Å². The maximum atomic E-state index is 11.8. The summed E-state index contributed by atoms with van der Waals surface area (Å²) in [5, 5.41) is 6.22. The molecule has 25 heavy (non-hydrogen) atoms. The number of hydrogen-bond donors (Lipinski definition) is 1. The average Bonchev–Trinajstić information content (AvgIpc) is 3.17. The third-order valence-corrected chi connectivity index (χ3v) is 3.87. The second-order valence-corrected chi connectivity index (χ2v) is 5.64. The van der Waals surface area contributed by atoms with Gasteiger partial charge in [0.15, 0.2) is 0 Å². The third kappa shape index (κ3) is 4.38. The van der Waals surface area contributed by atoms with Gasteiger partial charge < -0.3 is 19.5 Å². The highest BCUT2D eigenvalue weighted by Crippen LogP contribution is 2.20. The lowest BCUT2D eigenvalue weighted by atomic mass is 10.2. The number of nitrogens with zero attached hydrogens (tertiary/aromatic N) is 4. The molecule has 1 N–H and O–H groups in total. The first-order chi connectivity index (χ1) is 12.1. The fraction of sp³-hybridized carbons (Fsp3) is 0.438. The number of carbonyl (C=O) groups excluding carboxylic acids is 2. The van der Waals surface area contributed by atoms with E-state index < -0.39 is 0 Å². The normalized spacial score (nSPS) is 17.3. The van der Waals surface area contributed by atoms with Crippen LogP contribution in [0.1, 0.15) is 35.0 Å². The molecule has 9 heteroatoms. The van der Waals surface area contributed by atoms with Gasteiger partial charge in [-0.05, 0) is 0 Å². The smallest absolute Gasteiger partial charge is 0.289 e. The van der Waals surface area contributed by atoms with Crippen molar-refractivity contribution in [1.29, 1.82) is 0 Å². The molecule has 2 aromatic heterocycles. The monoisotopic (exact) mass is 345 g/mol. The molecule has 0 aromatic carbocycles. The van der Waals surface area contributed by atoms with Crippen molar-refractivity contribution >= 4 is 11.8 Å². The number of aromatic nitrogens is 3. The zero-order valence-corrected chi connectivity index (χ0v) is 13.8. The van der Waals surface area contributed by atoms with E-state index in [0.717, 1.165) is 5.69 Å². The van der Waals surface area contributed by atoms with E-state index in [9.17, 15) is 9.59 Å². The van der Waals surface area contributed by atoms with Crippen molar-refractivity contribution in [2.75, 3.05) is 26.2 Å². The van der Waals surface area contributed by atoms with Crippen molar-refractivity contribution in [3.8, 4) is 0 Å². The van der Waals surface area contributed by atoms with E-state index in [-0.39, 0.29) is 23.7 Å². The van der Waals surface area contributed by atoms with Crippen molar-refractivity contribution in [1.82, 2.24) is 25.3 Å². The summed E-state index contributed by atoms with van der Waals surface area (Å²) in [6.07, 6.45) is 4.94. The predicted octanol–water partition coefficient (Wildman–Crippen LogP) is 0.357. The van der Waals surface area contributed by atoms with E-state index >= 15 is 0 Å². The number of carbonyl (C=O) groups is 2. The summed E-state index contributed by atoms with van der Waals surface area (Å²) in [6.45, 7) is 3.47. The molecular weight excluding hydrogens is 326 g/mol. The summed E-state index contributed by atoms with van der Waals surface area (Å²) < 4.78 is 10.5. The highest BCUT2D eigenvalue weighted by Gasteiger charge is 2.24. The summed E-state index contributed by atoms with van der Waals surface area (Å²) in [4.78, 5) is 33.8. The van der Waals surface area contributed by atoms with Crippen LogP contribution in [0.25, 0.3) is 0 Å². The number of ether oxygens (including phenoxy) is 1. The molecule has 1 aliphatic heterocycles. The minimum atomic E-state index is -0.325. The van der Waals surface area contributed by atoms with Crippen molar-refractivity contribution < 1.29 is 18.8 Å². The van der Waals surface area contributed by atoms with Crippen molar-refractivity contribution in [2.24, 2.45) is 0 Å². The Morgan fingerprint density at radius 2 is 2.28 bits per heavy atom. The Balaban J connectivity index is 1.56. The van der Waals surface area contributed by atoms with Crippen LogP contribution >= 0.6 is 0 Å². The third-order valence-electron chi connectivity index (χ3n) is 3.87. The molecule has 0 bridgehead atoms. The SMILES string of the molecule is CC(=O)N1CCOC(c2cncc(CCNC(=O)c3ccno3)n2)C1. The summed E-state index contributed by atoms with van der Waals surface area (Å²) in [7, 11) is 0. The minimum Gasteiger partial charge on any atom is -0.368 e. The molecule has 2 amide bonds. The average molecular weight is 345 g/mol. The fourth-order valence-corrected chi connectivity index (χ4v) is 2.54. The molecule has 1 aliphatic rings. The maximum Gasteiger partial charge on any atom is 0.289 e. The lowest BCUT2D eigenvalue weighted by Gasteiger charge is -2.31. The van der Waals surface area contributed by atoms with Crippen LogP contribution in [0.2, 0.25) is 0 Å². The van der Waals surface area contributed by atoms with E-state index in [1.807, 2.05) is 0 Å². The number of rotatable bonds is 5. The number of nitrogens with one attached hydrogen (secondary N) is 1. The first-order valence-corrected chi connectivity index (χ1v) is 8.00.